The van der Waals surface area contributed by atoms with E-state index >= 15 is 0 Å². The molecule has 2 rings (SSSR count). The Bertz CT molecular complexity index is 672. The SMILES string of the molecule is Cc1cc(Cl)c([N+](=O)[O-])cc1S(=O)(=O)N(CCO)C1CC1. The molecule has 0 unspecified atom stereocenters. The van der Waals surface area contributed by atoms with Gasteiger partial charge >= 0.3 is 0 Å². The van der Waals surface area contributed by atoms with Crippen molar-refractivity contribution >= 4 is 27.3 Å². The van der Waals surface area contributed by atoms with E-state index in [4.69, 9.17) is 16.7 Å². The molecule has 0 spiro atoms. The van der Waals surface area contributed by atoms with Crippen LogP contribution in [-0.2, 0) is 10.0 Å². The summed E-state index contributed by atoms with van der Waals surface area (Å²) in [4.78, 5) is 10.1. The lowest BCUT2D eigenvalue weighted by Gasteiger charge is -2.21. The van der Waals surface area contributed by atoms with Gasteiger partial charge in [-0.3, -0.25) is 10.1 Å². The molecule has 116 valence electrons. The average Bonchev–Trinajstić information content (AvgIpc) is 3.18. The number of nitro groups is 1. The van der Waals surface area contributed by atoms with E-state index in [9.17, 15) is 18.5 Å². The first kappa shape index (κ1) is 16.2. The van der Waals surface area contributed by atoms with Crippen LogP contribution in [0.5, 0.6) is 0 Å². The molecule has 0 aromatic heterocycles. The zero-order chi connectivity index (χ0) is 15.8. The Kier molecular flexibility index (Phi) is 4.52. The molecule has 0 radical (unpaired) electrons. The molecule has 1 aliphatic rings. The number of aryl methyl sites for hydroxylation is 1. The zero-order valence-corrected chi connectivity index (χ0v) is 12.9. The van der Waals surface area contributed by atoms with Crippen molar-refractivity contribution in [3.05, 3.63) is 32.8 Å². The number of halogens is 1. The van der Waals surface area contributed by atoms with E-state index in [2.05, 4.69) is 0 Å². The van der Waals surface area contributed by atoms with Crippen LogP contribution in [0.4, 0.5) is 5.69 Å². The quantitative estimate of drug-likeness (QED) is 0.630. The van der Waals surface area contributed by atoms with Gasteiger partial charge in [-0.2, -0.15) is 4.31 Å². The number of nitrogens with zero attached hydrogens (tertiary/aromatic N) is 2. The molecule has 0 bridgehead atoms. The molecule has 0 saturated heterocycles. The average molecular weight is 335 g/mol. The van der Waals surface area contributed by atoms with E-state index in [1.807, 2.05) is 0 Å². The third-order valence-corrected chi connectivity index (χ3v) is 5.70. The van der Waals surface area contributed by atoms with Gasteiger partial charge in [0.1, 0.15) is 5.02 Å². The molecule has 9 heteroatoms. The smallest absolute Gasteiger partial charge is 0.289 e. The minimum Gasteiger partial charge on any atom is -0.395 e. The van der Waals surface area contributed by atoms with Crippen molar-refractivity contribution in [2.75, 3.05) is 13.2 Å². The molecule has 0 heterocycles. The summed E-state index contributed by atoms with van der Waals surface area (Å²) in [6, 6.07) is 2.12. The molecule has 0 aliphatic heterocycles. The van der Waals surface area contributed by atoms with Crippen molar-refractivity contribution in [3.63, 3.8) is 0 Å². The number of rotatable bonds is 6. The molecule has 1 aromatic rings. The van der Waals surface area contributed by atoms with Crippen LogP contribution in [0.25, 0.3) is 0 Å². The van der Waals surface area contributed by atoms with Crippen LogP contribution in [0.15, 0.2) is 17.0 Å². The van der Waals surface area contributed by atoms with Crippen molar-refractivity contribution in [2.45, 2.75) is 30.7 Å². The number of benzene rings is 1. The van der Waals surface area contributed by atoms with Crippen LogP contribution in [-0.4, -0.2) is 41.9 Å². The molecule has 1 aliphatic carbocycles. The number of nitro benzene ring substituents is 1. The highest BCUT2D eigenvalue weighted by atomic mass is 35.5. The minimum absolute atomic E-state index is 0.0249. The standard InChI is InChI=1S/C12H15ClN2O5S/c1-8-6-10(13)11(15(17)18)7-12(8)21(19,20)14(4-5-16)9-2-3-9/h6-7,9,16H,2-5H2,1H3. The molecule has 7 nitrogen and oxygen atoms in total. The zero-order valence-electron chi connectivity index (χ0n) is 11.3. The summed E-state index contributed by atoms with van der Waals surface area (Å²) in [7, 11) is -3.89. The number of aliphatic hydroxyl groups excluding tert-OH is 1. The van der Waals surface area contributed by atoms with Crippen LogP contribution in [0.3, 0.4) is 0 Å². The highest BCUT2D eigenvalue weighted by Gasteiger charge is 2.39. The van der Waals surface area contributed by atoms with Gasteiger partial charge in [0.05, 0.1) is 16.4 Å². The first-order valence-corrected chi connectivity index (χ1v) is 8.18. The van der Waals surface area contributed by atoms with Gasteiger partial charge in [0, 0.05) is 18.7 Å². The van der Waals surface area contributed by atoms with Crippen LogP contribution < -0.4 is 0 Å². The molecule has 1 fully saturated rings. The lowest BCUT2D eigenvalue weighted by molar-refractivity contribution is -0.384. The molecule has 0 atom stereocenters. The maximum absolute atomic E-state index is 12.7. The third kappa shape index (κ3) is 3.18. The Balaban J connectivity index is 2.53. The van der Waals surface area contributed by atoms with E-state index < -0.39 is 20.6 Å². The van der Waals surface area contributed by atoms with E-state index in [0.29, 0.717) is 5.56 Å². The Hall–Kier alpha value is -1.22. The monoisotopic (exact) mass is 334 g/mol. The fourth-order valence-electron chi connectivity index (χ4n) is 2.15. The second-order valence-electron chi connectivity index (χ2n) is 4.90. The van der Waals surface area contributed by atoms with E-state index in [1.54, 1.807) is 0 Å². The van der Waals surface area contributed by atoms with Gasteiger partial charge in [-0.15, -0.1) is 0 Å². The molecule has 1 N–H and O–H groups in total. The van der Waals surface area contributed by atoms with E-state index in [1.165, 1.54) is 17.3 Å². The van der Waals surface area contributed by atoms with E-state index in [0.717, 1.165) is 18.9 Å². The number of hydrogen-bond donors (Lipinski definition) is 1. The van der Waals surface area contributed by atoms with Crippen molar-refractivity contribution in [2.24, 2.45) is 0 Å². The summed E-state index contributed by atoms with van der Waals surface area (Å²) in [6.45, 7) is 1.21. The Morgan fingerprint density at radius 3 is 2.57 bits per heavy atom. The maximum Gasteiger partial charge on any atom is 0.289 e. The Morgan fingerprint density at radius 2 is 2.10 bits per heavy atom. The largest absolute Gasteiger partial charge is 0.395 e. The molecule has 1 aromatic carbocycles. The van der Waals surface area contributed by atoms with Crippen molar-refractivity contribution in [3.8, 4) is 0 Å². The van der Waals surface area contributed by atoms with Gasteiger partial charge in [0.2, 0.25) is 10.0 Å². The lowest BCUT2D eigenvalue weighted by Crippen LogP contribution is -2.35. The maximum atomic E-state index is 12.7. The van der Waals surface area contributed by atoms with Crippen LogP contribution >= 0.6 is 11.6 Å². The van der Waals surface area contributed by atoms with Crippen molar-refractivity contribution in [1.29, 1.82) is 0 Å². The number of hydrogen-bond acceptors (Lipinski definition) is 5. The van der Waals surface area contributed by atoms with Crippen molar-refractivity contribution < 1.29 is 18.4 Å². The highest BCUT2D eigenvalue weighted by molar-refractivity contribution is 7.89. The van der Waals surface area contributed by atoms with Gasteiger partial charge in [-0.25, -0.2) is 8.42 Å². The summed E-state index contributed by atoms with van der Waals surface area (Å²) in [5, 5.41) is 19.9. The topological polar surface area (TPSA) is 101 Å². The molecular formula is C12H15ClN2O5S. The van der Waals surface area contributed by atoms with Gasteiger partial charge in [0.15, 0.2) is 0 Å². The molecule has 21 heavy (non-hydrogen) atoms. The van der Waals surface area contributed by atoms with Crippen LogP contribution in [0.2, 0.25) is 5.02 Å². The van der Waals surface area contributed by atoms with E-state index in [-0.39, 0.29) is 29.1 Å². The second-order valence-corrected chi connectivity index (χ2v) is 7.16. The summed E-state index contributed by atoms with van der Waals surface area (Å²) in [5.74, 6) is 0. The van der Waals surface area contributed by atoms with Crippen molar-refractivity contribution in [1.82, 2.24) is 4.31 Å². The fraction of sp³-hybridized carbons (Fsp3) is 0.500. The predicted octanol–water partition coefficient (Wildman–Crippen LogP) is 1.70. The van der Waals surface area contributed by atoms with Crippen LogP contribution in [0, 0.1) is 17.0 Å². The van der Waals surface area contributed by atoms with Gasteiger partial charge in [-0.1, -0.05) is 11.6 Å². The second kappa shape index (κ2) is 5.88. The summed E-state index contributed by atoms with van der Waals surface area (Å²) in [6.07, 6.45) is 1.46. The fourth-order valence-corrected chi connectivity index (χ4v) is 4.34. The third-order valence-electron chi connectivity index (χ3n) is 3.30. The Morgan fingerprint density at radius 1 is 1.48 bits per heavy atom. The van der Waals surface area contributed by atoms with Gasteiger partial charge in [0.25, 0.3) is 5.69 Å². The first-order chi connectivity index (χ1) is 9.78. The lowest BCUT2D eigenvalue weighted by atomic mass is 10.2. The molecule has 0 amide bonds. The predicted molar refractivity (Wildman–Crippen MR) is 76.8 cm³/mol. The Labute approximate surface area is 127 Å². The molecule has 1 saturated carbocycles. The summed E-state index contributed by atoms with van der Waals surface area (Å²) in [5.41, 5.74) is -0.102. The first-order valence-electron chi connectivity index (χ1n) is 6.36. The highest BCUT2D eigenvalue weighted by Crippen LogP contribution is 2.36. The summed E-state index contributed by atoms with van der Waals surface area (Å²) < 4.78 is 26.5. The normalized spacial score (nSPS) is 15.4. The minimum atomic E-state index is -3.89. The van der Waals surface area contributed by atoms with Gasteiger partial charge < -0.3 is 5.11 Å². The van der Waals surface area contributed by atoms with Crippen LogP contribution in [0.1, 0.15) is 18.4 Å². The summed E-state index contributed by atoms with van der Waals surface area (Å²) >= 11 is 5.77. The van der Waals surface area contributed by atoms with Gasteiger partial charge in [-0.05, 0) is 31.4 Å². The number of aliphatic hydroxyl groups is 1. The molecular weight excluding hydrogens is 320 g/mol. The number of sulfonamides is 1.